The van der Waals surface area contributed by atoms with E-state index in [4.69, 9.17) is 0 Å². The number of anilines is 1. The molecule has 7 nitrogen and oxygen atoms in total. The van der Waals surface area contributed by atoms with Crippen molar-refractivity contribution in [2.24, 2.45) is 0 Å². The molecule has 2 atom stereocenters. The van der Waals surface area contributed by atoms with Crippen LogP contribution in [0.2, 0.25) is 0 Å². The second-order valence-corrected chi connectivity index (χ2v) is 8.05. The minimum atomic E-state index is -4.76. The summed E-state index contributed by atoms with van der Waals surface area (Å²) in [6.45, 7) is 1.59. The van der Waals surface area contributed by atoms with Crippen molar-refractivity contribution in [1.29, 1.82) is 0 Å². The lowest BCUT2D eigenvalue weighted by Crippen LogP contribution is -2.46. The third kappa shape index (κ3) is 4.80. The number of pyridine rings is 3. The fraction of sp³-hybridized carbons (Fsp3) is 0.364. The van der Waals surface area contributed by atoms with Crippen LogP contribution in [-0.4, -0.2) is 51.9 Å². The third-order valence-corrected chi connectivity index (χ3v) is 5.66. The summed E-state index contributed by atoms with van der Waals surface area (Å²) in [6.07, 6.45) is -4.57. The number of rotatable bonds is 5. The van der Waals surface area contributed by atoms with Crippen molar-refractivity contribution in [2.75, 3.05) is 18.0 Å². The van der Waals surface area contributed by atoms with E-state index in [2.05, 4.69) is 9.97 Å². The number of nitrogens with zero attached hydrogens (tertiary/aromatic N) is 4. The van der Waals surface area contributed by atoms with Crippen LogP contribution in [0.4, 0.5) is 32.2 Å². The second kappa shape index (κ2) is 9.19. The summed E-state index contributed by atoms with van der Waals surface area (Å²) in [6, 6.07) is 0.957. The molecule has 1 aliphatic heterocycles. The molecule has 1 amide bonds. The van der Waals surface area contributed by atoms with Crippen molar-refractivity contribution in [3.63, 3.8) is 0 Å². The number of carbonyl (C=O) groups is 1. The van der Waals surface area contributed by atoms with Crippen LogP contribution in [-0.2, 0) is 0 Å². The molecule has 0 bridgehead atoms. The molecule has 0 aliphatic carbocycles. The Hall–Kier alpha value is -3.64. The van der Waals surface area contributed by atoms with E-state index in [9.17, 15) is 35.9 Å². The number of hydrogen-bond acceptors (Lipinski definition) is 5. The Labute approximate surface area is 194 Å². The van der Waals surface area contributed by atoms with E-state index in [-0.39, 0.29) is 29.8 Å². The highest BCUT2D eigenvalue weighted by Gasteiger charge is 2.39. The number of halogens is 6. The van der Waals surface area contributed by atoms with Gasteiger partial charge in [-0.15, -0.1) is 0 Å². The maximum Gasteiger partial charge on any atom is 0.408 e. The molecule has 0 aromatic carbocycles. The van der Waals surface area contributed by atoms with Crippen molar-refractivity contribution < 1.29 is 31.1 Å². The minimum absolute atomic E-state index is 0.0439. The Kier molecular flexibility index (Phi) is 6.43. The molecule has 3 aromatic rings. The van der Waals surface area contributed by atoms with Gasteiger partial charge in [0.2, 0.25) is 5.43 Å². The first-order valence-corrected chi connectivity index (χ1v) is 10.6. The quantitative estimate of drug-likeness (QED) is 0.542. The van der Waals surface area contributed by atoms with Crippen molar-refractivity contribution in [2.45, 2.75) is 38.2 Å². The molecule has 4 rings (SSSR count). The van der Waals surface area contributed by atoms with Crippen LogP contribution in [0.25, 0.3) is 16.9 Å². The van der Waals surface area contributed by atoms with Crippen LogP contribution in [0, 0.1) is 11.6 Å². The van der Waals surface area contributed by atoms with Gasteiger partial charge in [0, 0.05) is 18.8 Å². The number of fused-ring (bicyclic) bond motifs is 1. The van der Waals surface area contributed by atoms with Gasteiger partial charge in [-0.1, -0.05) is 6.92 Å². The fourth-order valence-corrected chi connectivity index (χ4v) is 3.85. The molecular formula is C22H19F6N5O2. The molecule has 35 heavy (non-hydrogen) atoms. The van der Waals surface area contributed by atoms with E-state index >= 15 is 0 Å². The molecule has 1 aliphatic rings. The van der Waals surface area contributed by atoms with Gasteiger partial charge < -0.3 is 10.2 Å². The summed E-state index contributed by atoms with van der Waals surface area (Å²) in [5.41, 5.74) is -1.85. The summed E-state index contributed by atoms with van der Waals surface area (Å²) in [5.74, 6) is -3.77. The average Bonchev–Trinajstić information content (AvgIpc) is 3.23. The van der Waals surface area contributed by atoms with Gasteiger partial charge in [0.1, 0.15) is 29.4 Å². The van der Waals surface area contributed by atoms with Crippen LogP contribution < -0.4 is 15.6 Å². The first-order chi connectivity index (χ1) is 16.5. The molecular weight excluding hydrogens is 480 g/mol. The molecule has 4 heterocycles. The van der Waals surface area contributed by atoms with E-state index in [1.807, 2.05) is 0 Å². The SMILES string of the molecule is CCC(NC(=O)c1cn(-c2ncc(F)cc2F)c2nc(N3CC[C@H](F)C3)ccc2c1=O)C(F)(F)F. The summed E-state index contributed by atoms with van der Waals surface area (Å²) < 4.78 is 82.2. The van der Waals surface area contributed by atoms with Crippen molar-refractivity contribution in [1.82, 2.24) is 19.9 Å². The molecule has 1 unspecified atom stereocenters. The van der Waals surface area contributed by atoms with Gasteiger partial charge in [0.05, 0.1) is 18.1 Å². The molecule has 0 radical (unpaired) electrons. The average molecular weight is 499 g/mol. The van der Waals surface area contributed by atoms with Crippen LogP contribution in [0.5, 0.6) is 0 Å². The predicted molar refractivity (Wildman–Crippen MR) is 114 cm³/mol. The normalized spacial score (nSPS) is 17.1. The zero-order valence-corrected chi connectivity index (χ0v) is 18.2. The van der Waals surface area contributed by atoms with Gasteiger partial charge in [-0.2, -0.15) is 13.2 Å². The topological polar surface area (TPSA) is 80.1 Å². The van der Waals surface area contributed by atoms with Crippen molar-refractivity contribution in [3.05, 3.63) is 58.0 Å². The summed E-state index contributed by atoms with van der Waals surface area (Å²) in [5, 5.41) is 1.55. The zero-order chi connectivity index (χ0) is 25.5. The molecule has 0 spiro atoms. The predicted octanol–water partition coefficient (Wildman–Crippen LogP) is 3.68. The third-order valence-electron chi connectivity index (χ3n) is 5.66. The van der Waals surface area contributed by atoms with Crippen LogP contribution in [0.15, 0.2) is 35.4 Å². The second-order valence-electron chi connectivity index (χ2n) is 8.05. The molecule has 0 saturated carbocycles. The molecule has 1 fully saturated rings. The Bertz CT molecular complexity index is 1340. The van der Waals surface area contributed by atoms with Gasteiger partial charge >= 0.3 is 6.18 Å². The van der Waals surface area contributed by atoms with E-state index in [0.717, 1.165) is 10.8 Å². The highest BCUT2D eigenvalue weighted by atomic mass is 19.4. The van der Waals surface area contributed by atoms with Gasteiger partial charge in [-0.3, -0.25) is 14.2 Å². The maximum atomic E-state index is 14.6. The molecule has 1 N–H and O–H groups in total. The Morgan fingerprint density at radius 3 is 2.63 bits per heavy atom. The Morgan fingerprint density at radius 1 is 1.29 bits per heavy atom. The lowest BCUT2D eigenvalue weighted by molar-refractivity contribution is -0.153. The number of carbonyl (C=O) groups excluding carboxylic acids is 1. The van der Waals surface area contributed by atoms with E-state index in [1.54, 1.807) is 10.2 Å². The van der Waals surface area contributed by atoms with Crippen molar-refractivity contribution >= 4 is 22.8 Å². The van der Waals surface area contributed by atoms with Gasteiger partial charge in [-0.25, -0.2) is 23.1 Å². The number of hydrogen-bond donors (Lipinski definition) is 1. The Morgan fingerprint density at radius 2 is 2.03 bits per heavy atom. The zero-order valence-electron chi connectivity index (χ0n) is 18.2. The van der Waals surface area contributed by atoms with Gasteiger partial charge in [0.25, 0.3) is 5.91 Å². The fourth-order valence-electron chi connectivity index (χ4n) is 3.85. The summed E-state index contributed by atoms with van der Waals surface area (Å²) in [4.78, 5) is 35.3. The first-order valence-electron chi connectivity index (χ1n) is 10.6. The number of aromatic nitrogens is 3. The lowest BCUT2D eigenvalue weighted by Gasteiger charge is -2.21. The Balaban J connectivity index is 1.90. The minimum Gasteiger partial charge on any atom is -0.354 e. The van der Waals surface area contributed by atoms with Crippen LogP contribution in [0.3, 0.4) is 0 Å². The van der Waals surface area contributed by atoms with Crippen LogP contribution in [0.1, 0.15) is 30.1 Å². The monoisotopic (exact) mass is 499 g/mol. The highest BCUT2D eigenvalue weighted by Crippen LogP contribution is 2.25. The van der Waals surface area contributed by atoms with E-state index < -0.39 is 59.2 Å². The standard InChI is InChI=1S/C22H19F6N5O2/c1-2-16(22(26,27)28)30-21(35)14-10-33(20-15(25)7-12(24)8-29-20)19-13(18(14)34)3-4-17(31-19)32-6-5-11(23)9-32/h3-4,7-8,10-11,16H,2,5-6,9H2,1H3,(H,30,35)/t11-,16?/m0/s1. The molecule has 186 valence electrons. The van der Waals surface area contributed by atoms with Crippen molar-refractivity contribution in [3.8, 4) is 5.82 Å². The highest BCUT2D eigenvalue weighted by molar-refractivity contribution is 5.97. The van der Waals surface area contributed by atoms with Gasteiger partial charge in [-0.05, 0) is 25.0 Å². The number of amides is 1. The summed E-state index contributed by atoms with van der Waals surface area (Å²) >= 11 is 0. The number of alkyl halides is 4. The molecule has 3 aromatic heterocycles. The summed E-state index contributed by atoms with van der Waals surface area (Å²) in [7, 11) is 0. The van der Waals surface area contributed by atoms with E-state index in [1.165, 1.54) is 19.1 Å². The van der Waals surface area contributed by atoms with Crippen LogP contribution >= 0.6 is 0 Å². The first kappa shape index (κ1) is 24.5. The molecule has 1 saturated heterocycles. The smallest absolute Gasteiger partial charge is 0.354 e. The largest absolute Gasteiger partial charge is 0.408 e. The van der Waals surface area contributed by atoms with E-state index in [0.29, 0.717) is 18.8 Å². The maximum absolute atomic E-state index is 14.6. The number of nitrogens with one attached hydrogen (secondary N) is 1. The van der Waals surface area contributed by atoms with Gasteiger partial charge in [0.15, 0.2) is 17.3 Å². The lowest BCUT2D eigenvalue weighted by atomic mass is 10.1. The molecule has 13 heteroatoms.